The Balaban J connectivity index is 2.25. The van der Waals surface area contributed by atoms with E-state index >= 15 is 0 Å². The van der Waals surface area contributed by atoms with Crippen LogP contribution in [0.1, 0.15) is 52.9 Å². The van der Waals surface area contributed by atoms with Crippen molar-refractivity contribution >= 4 is 0 Å². The van der Waals surface area contributed by atoms with Gasteiger partial charge in [0.2, 0.25) is 0 Å². The first-order valence-electron chi connectivity index (χ1n) is 6.48. The molecule has 90 valence electrons. The second kappa shape index (κ2) is 6.49. The van der Waals surface area contributed by atoms with E-state index in [1.807, 2.05) is 0 Å². The summed E-state index contributed by atoms with van der Waals surface area (Å²) in [6.45, 7) is 7.05. The van der Waals surface area contributed by atoms with Crippen LogP contribution in [0.5, 0.6) is 0 Å². The molecule has 1 aliphatic rings. The standard InChI is InChI=1S/C13H27NO/c1-10(2)8-13(9-15)14-12-6-4-11(3)5-7-12/h10-15H,4-9H2,1-3H3. The Morgan fingerprint density at radius 1 is 1.20 bits per heavy atom. The van der Waals surface area contributed by atoms with E-state index in [9.17, 15) is 5.11 Å². The molecule has 1 rings (SSSR count). The topological polar surface area (TPSA) is 32.3 Å². The molecule has 0 aliphatic heterocycles. The zero-order valence-corrected chi connectivity index (χ0v) is 10.5. The predicted molar refractivity (Wildman–Crippen MR) is 64.9 cm³/mol. The molecular weight excluding hydrogens is 186 g/mol. The van der Waals surface area contributed by atoms with Gasteiger partial charge in [-0.05, 0) is 43.9 Å². The van der Waals surface area contributed by atoms with Crippen LogP contribution in [0.25, 0.3) is 0 Å². The molecule has 0 amide bonds. The summed E-state index contributed by atoms with van der Waals surface area (Å²) in [6, 6.07) is 0.959. The molecule has 0 bridgehead atoms. The van der Waals surface area contributed by atoms with Crippen molar-refractivity contribution in [1.29, 1.82) is 0 Å². The molecule has 2 N–H and O–H groups in total. The van der Waals surface area contributed by atoms with Crippen LogP contribution < -0.4 is 5.32 Å². The summed E-state index contributed by atoms with van der Waals surface area (Å²) in [4.78, 5) is 0. The van der Waals surface area contributed by atoms with Crippen molar-refractivity contribution in [2.24, 2.45) is 11.8 Å². The predicted octanol–water partition coefficient (Wildman–Crippen LogP) is 2.56. The molecule has 2 heteroatoms. The van der Waals surface area contributed by atoms with Crippen LogP contribution in [0.4, 0.5) is 0 Å². The SMILES string of the molecule is CC(C)CC(CO)NC1CCC(C)CC1. The molecule has 0 saturated heterocycles. The van der Waals surface area contributed by atoms with Gasteiger partial charge >= 0.3 is 0 Å². The third-order valence-electron chi connectivity index (χ3n) is 3.46. The van der Waals surface area contributed by atoms with Gasteiger partial charge < -0.3 is 10.4 Å². The van der Waals surface area contributed by atoms with Crippen molar-refractivity contribution in [3.8, 4) is 0 Å². The van der Waals surface area contributed by atoms with Gasteiger partial charge in [-0.3, -0.25) is 0 Å². The molecule has 1 atom stereocenters. The fourth-order valence-electron chi connectivity index (χ4n) is 2.52. The number of aliphatic hydroxyl groups excluding tert-OH is 1. The first-order valence-corrected chi connectivity index (χ1v) is 6.48. The van der Waals surface area contributed by atoms with Crippen molar-refractivity contribution < 1.29 is 5.11 Å². The smallest absolute Gasteiger partial charge is 0.0584 e. The summed E-state index contributed by atoms with van der Waals surface area (Å²) in [7, 11) is 0. The molecule has 0 heterocycles. The highest BCUT2D eigenvalue weighted by molar-refractivity contribution is 4.79. The van der Waals surface area contributed by atoms with Gasteiger partial charge in [0.25, 0.3) is 0 Å². The van der Waals surface area contributed by atoms with E-state index in [2.05, 4.69) is 26.1 Å². The molecule has 2 nitrogen and oxygen atoms in total. The maximum atomic E-state index is 9.30. The van der Waals surface area contributed by atoms with Crippen LogP contribution in [0.3, 0.4) is 0 Å². The van der Waals surface area contributed by atoms with E-state index in [0.29, 0.717) is 18.0 Å². The lowest BCUT2D eigenvalue weighted by atomic mass is 9.87. The minimum absolute atomic E-state index is 0.282. The summed E-state index contributed by atoms with van der Waals surface area (Å²) in [5.74, 6) is 1.57. The Hall–Kier alpha value is -0.0800. The number of nitrogens with one attached hydrogen (secondary N) is 1. The van der Waals surface area contributed by atoms with Crippen LogP contribution >= 0.6 is 0 Å². The summed E-state index contributed by atoms with van der Waals surface area (Å²) in [5.41, 5.74) is 0. The third-order valence-corrected chi connectivity index (χ3v) is 3.46. The quantitative estimate of drug-likeness (QED) is 0.735. The fraction of sp³-hybridized carbons (Fsp3) is 1.00. The first kappa shape index (κ1) is 13.0. The second-order valence-electron chi connectivity index (χ2n) is 5.63. The van der Waals surface area contributed by atoms with E-state index in [0.717, 1.165) is 12.3 Å². The lowest BCUT2D eigenvalue weighted by molar-refractivity contribution is 0.194. The lowest BCUT2D eigenvalue weighted by Crippen LogP contribution is -2.42. The maximum Gasteiger partial charge on any atom is 0.0584 e. The van der Waals surface area contributed by atoms with Crippen LogP contribution in [0.15, 0.2) is 0 Å². The van der Waals surface area contributed by atoms with Crippen LogP contribution in [0.2, 0.25) is 0 Å². The van der Waals surface area contributed by atoms with E-state index in [4.69, 9.17) is 0 Å². The van der Waals surface area contributed by atoms with Crippen LogP contribution in [0, 0.1) is 11.8 Å². The van der Waals surface area contributed by atoms with Crippen LogP contribution in [-0.4, -0.2) is 23.8 Å². The molecule has 1 fully saturated rings. The van der Waals surface area contributed by atoms with Crippen molar-refractivity contribution in [3.63, 3.8) is 0 Å². The Kier molecular flexibility index (Phi) is 5.62. The number of hydrogen-bond acceptors (Lipinski definition) is 2. The molecule has 0 radical (unpaired) electrons. The molecule has 1 aliphatic carbocycles. The second-order valence-corrected chi connectivity index (χ2v) is 5.63. The number of rotatable bonds is 5. The average Bonchev–Trinajstić information content (AvgIpc) is 2.19. The zero-order chi connectivity index (χ0) is 11.3. The summed E-state index contributed by atoms with van der Waals surface area (Å²) < 4.78 is 0. The Labute approximate surface area is 94.5 Å². The molecule has 0 aromatic heterocycles. The van der Waals surface area contributed by atoms with Gasteiger partial charge in [0.05, 0.1) is 6.61 Å². The van der Waals surface area contributed by atoms with E-state index in [1.165, 1.54) is 25.7 Å². The number of hydrogen-bond donors (Lipinski definition) is 2. The van der Waals surface area contributed by atoms with Crippen LogP contribution in [-0.2, 0) is 0 Å². The summed E-state index contributed by atoms with van der Waals surface area (Å²) in [6.07, 6.45) is 6.35. The highest BCUT2D eigenvalue weighted by Gasteiger charge is 2.20. The van der Waals surface area contributed by atoms with Gasteiger partial charge in [-0.2, -0.15) is 0 Å². The Bertz CT molecular complexity index is 162. The van der Waals surface area contributed by atoms with Crippen molar-refractivity contribution in [3.05, 3.63) is 0 Å². The van der Waals surface area contributed by atoms with E-state index in [-0.39, 0.29) is 6.61 Å². The van der Waals surface area contributed by atoms with Gasteiger partial charge in [-0.15, -0.1) is 0 Å². The van der Waals surface area contributed by atoms with E-state index in [1.54, 1.807) is 0 Å². The molecule has 0 spiro atoms. The molecule has 0 aromatic carbocycles. The maximum absolute atomic E-state index is 9.30. The van der Waals surface area contributed by atoms with Crippen molar-refractivity contribution in [2.45, 2.75) is 65.0 Å². The van der Waals surface area contributed by atoms with Crippen molar-refractivity contribution in [2.75, 3.05) is 6.61 Å². The largest absolute Gasteiger partial charge is 0.395 e. The van der Waals surface area contributed by atoms with Gasteiger partial charge in [-0.25, -0.2) is 0 Å². The molecule has 1 unspecified atom stereocenters. The van der Waals surface area contributed by atoms with Gasteiger partial charge in [0.1, 0.15) is 0 Å². The molecule has 1 saturated carbocycles. The fourth-order valence-corrected chi connectivity index (χ4v) is 2.52. The molecular formula is C13H27NO. The van der Waals surface area contributed by atoms with Crippen molar-refractivity contribution in [1.82, 2.24) is 5.32 Å². The minimum atomic E-state index is 0.282. The summed E-state index contributed by atoms with van der Waals surface area (Å²) in [5, 5.41) is 12.9. The van der Waals surface area contributed by atoms with Gasteiger partial charge in [-0.1, -0.05) is 20.8 Å². The Morgan fingerprint density at radius 3 is 2.27 bits per heavy atom. The first-order chi connectivity index (χ1) is 7.11. The molecule has 15 heavy (non-hydrogen) atoms. The van der Waals surface area contributed by atoms with Gasteiger partial charge in [0.15, 0.2) is 0 Å². The van der Waals surface area contributed by atoms with E-state index < -0.39 is 0 Å². The van der Waals surface area contributed by atoms with Gasteiger partial charge in [0, 0.05) is 12.1 Å². The average molecular weight is 213 g/mol. The highest BCUT2D eigenvalue weighted by Crippen LogP contribution is 2.24. The highest BCUT2D eigenvalue weighted by atomic mass is 16.3. The monoisotopic (exact) mass is 213 g/mol. The third kappa shape index (κ3) is 4.98. The summed E-state index contributed by atoms with van der Waals surface area (Å²) >= 11 is 0. The lowest BCUT2D eigenvalue weighted by Gasteiger charge is -2.31. The minimum Gasteiger partial charge on any atom is -0.395 e. The molecule has 0 aromatic rings. The number of aliphatic hydroxyl groups is 1. The normalized spacial score (nSPS) is 29.4. The zero-order valence-electron chi connectivity index (χ0n) is 10.5. The Morgan fingerprint density at radius 2 is 1.80 bits per heavy atom.